The monoisotopic (exact) mass is 667 g/mol. The Labute approximate surface area is 254 Å². The summed E-state index contributed by atoms with van der Waals surface area (Å²) in [5.74, 6) is -0.920. The van der Waals surface area contributed by atoms with Crippen LogP contribution in [0.15, 0.2) is 77.3 Å². The molecule has 0 spiro atoms. The fourth-order valence-corrected chi connectivity index (χ4v) is 5.99. The maximum Gasteiger partial charge on any atom is 0.244 e. The summed E-state index contributed by atoms with van der Waals surface area (Å²) in [6.07, 6.45) is 1.22. The van der Waals surface area contributed by atoms with E-state index in [0.29, 0.717) is 5.02 Å². The molecule has 1 atom stereocenters. The van der Waals surface area contributed by atoms with Crippen LogP contribution in [0.4, 0.5) is 5.69 Å². The fourth-order valence-electron chi connectivity index (χ4n) is 4.12. The van der Waals surface area contributed by atoms with E-state index in [4.69, 9.17) is 23.2 Å². The Hall–Kier alpha value is -2.59. The standard InChI is InChI=1S/C29H32BrCl2N3O4S/c1-29(2,3)33-28(37)26(16-20-9-6-5-7-10-20)34(18-21-11-8-12-22(30)15-21)27(36)19-35(40(4,38)39)25-14-13-23(31)17-24(25)32/h5-15,17,26H,16,18-19H2,1-4H3,(H,33,37). The zero-order chi connectivity index (χ0) is 29.7. The molecule has 214 valence electrons. The number of nitrogens with one attached hydrogen (secondary N) is 1. The first kappa shape index (κ1) is 31.9. The van der Waals surface area contributed by atoms with E-state index < -0.39 is 34.1 Å². The van der Waals surface area contributed by atoms with E-state index >= 15 is 0 Å². The lowest BCUT2D eigenvalue weighted by atomic mass is 10.0. The SMILES string of the molecule is CC(C)(C)NC(=O)C(Cc1ccccc1)N(Cc1cccc(Br)c1)C(=O)CN(c1ccc(Cl)cc1Cl)S(C)(=O)=O. The van der Waals surface area contributed by atoms with Crippen LogP contribution in [0.25, 0.3) is 0 Å². The first-order valence-electron chi connectivity index (χ1n) is 12.5. The minimum absolute atomic E-state index is 0.0687. The Bertz CT molecular complexity index is 1460. The molecule has 0 aliphatic heterocycles. The number of benzene rings is 3. The van der Waals surface area contributed by atoms with E-state index in [-0.39, 0.29) is 29.6 Å². The van der Waals surface area contributed by atoms with E-state index in [9.17, 15) is 18.0 Å². The lowest BCUT2D eigenvalue weighted by Crippen LogP contribution is -2.56. The second-order valence-corrected chi connectivity index (χ2v) is 14.1. The van der Waals surface area contributed by atoms with Crippen LogP contribution in [0.5, 0.6) is 0 Å². The van der Waals surface area contributed by atoms with E-state index in [1.54, 1.807) is 0 Å². The summed E-state index contributed by atoms with van der Waals surface area (Å²) >= 11 is 15.8. The first-order valence-corrected chi connectivity index (χ1v) is 15.9. The minimum Gasteiger partial charge on any atom is -0.350 e. The Morgan fingerprint density at radius 2 is 1.60 bits per heavy atom. The van der Waals surface area contributed by atoms with Crippen LogP contribution in [0.2, 0.25) is 10.0 Å². The Kier molecular flexibility index (Phi) is 10.7. The first-order chi connectivity index (χ1) is 18.6. The number of carbonyl (C=O) groups excluding carboxylic acids is 2. The van der Waals surface area contributed by atoms with Gasteiger partial charge in [0.15, 0.2) is 0 Å². The van der Waals surface area contributed by atoms with Crippen LogP contribution in [0, 0.1) is 0 Å². The van der Waals surface area contributed by atoms with Gasteiger partial charge < -0.3 is 10.2 Å². The molecular formula is C29H32BrCl2N3O4S. The molecule has 7 nitrogen and oxygen atoms in total. The number of hydrogen-bond donors (Lipinski definition) is 1. The van der Waals surface area contributed by atoms with Crippen LogP contribution in [0.1, 0.15) is 31.9 Å². The number of amides is 2. The highest BCUT2D eigenvalue weighted by Crippen LogP contribution is 2.31. The smallest absolute Gasteiger partial charge is 0.244 e. The lowest BCUT2D eigenvalue weighted by Gasteiger charge is -2.35. The van der Waals surface area contributed by atoms with Gasteiger partial charge in [-0.1, -0.05) is 81.6 Å². The molecule has 0 saturated carbocycles. The molecule has 1 N–H and O–H groups in total. The van der Waals surface area contributed by atoms with Gasteiger partial charge in [-0.3, -0.25) is 13.9 Å². The van der Waals surface area contributed by atoms with Crippen molar-refractivity contribution in [3.63, 3.8) is 0 Å². The van der Waals surface area contributed by atoms with Crippen LogP contribution in [0.3, 0.4) is 0 Å². The van der Waals surface area contributed by atoms with Gasteiger partial charge in [0, 0.05) is 28.0 Å². The molecule has 0 heterocycles. The minimum atomic E-state index is -3.94. The normalized spacial score (nSPS) is 12.5. The van der Waals surface area contributed by atoms with Gasteiger partial charge in [0.05, 0.1) is 17.0 Å². The van der Waals surface area contributed by atoms with E-state index in [1.807, 2.05) is 75.4 Å². The van der Waals surface area contributed by atoms with Crippen molar-refractivity contribution < 1.29 is 18.0 Å². The summed E-state index contributed by atoms with van der Waals surface area (Å²) in [5.41, 5.74) is 1.17. The van der Waals surface area contributed by atoms with Crippen molar-refractivity contribution in [1.29, 1.82) is 0 Å². The van der Waals surface area contributed by atoms with E-state index in [1.165, 1.54) is 23.1 Å². The number of anilines is 1. The predicted molar refractivity (Wildman–Crippen MR) is 165 cm³/mol. The van der Waals surface area contributed by atoms with Crippen LogP contribution < -0.4 is 9.62 Å². The summed E-state index contributed by atoms with van der Waals surface area (Å²) in [6, 6.07) is 20.2. The number of halogens is 3. The van der Waals surface area contributed by atoms with Crippen molar-refractivity contribution in [1.82, 2.24) is 10.2 Å². The van der Waals surface area contributed by atoms with Gasteiger partial charge in [-0.25, -0.2) is 8.42 Å². The second kappa shape index (κ2) is 13.4. The van der Waals surface area contributed by atoms with Crippen LogP contribution in [-0.2, 0) is 32.6 Å². The van der Waals surface area contributed by atoms with Crippen molar-refractivity contribution in [2.45, 2.75) is 45.3 Å². The Balaban J connectivity index is 2.09. The van der Waals surface area contributed by atoms with Crippen molar-refractivity contribution in [2.75, 3.05) is 17.1 Å². The molecule has 3 aromatic rings. The third kappa shape index (κ3) is 9.23. The highest BCUT2D eigenvalue weighted by Gasteiger charge is 2.34. The van der Waals surface area contributed by atoms with Gasteiger partial charge in [-0.05, 0) is 62.2 Å². The molecule has 3 rings (SSSR count). The van der Waals surface area contributed by atoms with Crippen molar-refractivity contribution in [3.8, 4) is 0 Å². The molecule has 40 heavy (non-hydrogen) atoms. The van der Waals surface area contributed by atoms with E-state index in [0.717, 1.165) is 26.2 Å². The molecular weight excluding hydrogens is 637 g/mol. The zero-order valence-corrected chi connectivity index (χ0v) is 26.6. The number of sulfonamides is 1. The van der Waals surface area contributed by atoms with Gasteiger partial charge >= 0.3 is 0 Å². The number of carbonyl (C=O) groups is 2. The van der Waals surface area contributed by atoms with Gasteiger partial charge in [0.1, 0.15) is 12.6 Å². The highest BCUT2D eigenvalue weighted by atomic mass is 79.9. The number of hydrogen-bond acceptors (Lipinski definition) is 4. The quantitative estimate of drug-likeness (QED) is 0.284. The van der Waals surface area contributed by atoms with Crippen molar-refractivity contribution in [3.05, 3.63) is 98.4 Å². The van der Waals surface area contributed by atoms with Crippen molar-refractivity contribution >= 4 is 66.7 Å². The summed E-state index contributed by atoms with van der Waals surface area (Å²) in [6.45, 7) is 5.08. The van der Waals surface area contributed by atoms with Crippen LogP contribution >= 0.6 is 39.1 Å². The Morgan fingerprint density at radius 3 is 2.17 bits per heavy atom. The molecule has 0 aliphatic rings. The summed E-state index contributed by atoms with van der Waals surface area (Å²) in [7, 11) is -3.94. The third-order valence-electron chi connectivity index (χ3n) is 5.87. The topological polar surface area (TPSA) is 86.8 Å². The van der Waals surface area contributed by atoms with Crippen LogP contribution in [-0.4, -0.2) is 49.5 Å². The molecule has 0 bridgehead atoms. The molecule has 0 saturated heterocycles. The van der Waals surface area contributed by atoms with Gasteiger partial charge in [-0.15, -0.1) is 0 Å². The molecule has 0 radical (unpaired) electrons. The van der Waals surface area contributed by atoms with Gasteiger partial charge in [0.25, 0.3) is 0 Å². The molecule has 0 aromatic heterocycles. The molecule has 3 aromatic carbocycles. The highest BCUT2D eigenvalue weighted by molar-refractivity contribution is 9.10. The van der Waals surface area contributed by atoms with E-state index in [2.05, 4.69) is 21.2 Å². The fraction of sp³-hybridized carbons (Fsp3) is 0.310. The number of rotatable bonds is 10. The zero-order valence-electron chi connectivity index (χ0n) is 22.7. The summed E-state index contributed by atoms with van der Waals surface area (Å²) in [4.78, 5) is 29.3. The average molecular weight is 669 g/mol. The molecule has 1 unspecified atom stereocenters. The Morgan fingerprint density at radius 1 is 0.950 bits per heavy atom. The molecule has 2 amide bonds. The summed E-state index contributed by atoms with van der Waals surface area (Å²) < 4.78 is 27.5. The van der Waals surface area contributed by atoms with Crippen molar-refractivity contribution in [2.24, 2.45) is 0 Å². The van der Waals surface area contributed by atoms with Gasteiger partial charge in [0.2, 0.25) is 21.8 Å². The number of nitrogens with zero attached hydrogens (tertiary/aromatic N) is 2. The maximum atomic E-state index is 14.1. The summed E-state index contributed by atoms with van der Waals surface area (Å²) in [5, 5.41) is 3.40. The molecule has 11 heteroatoms. The lowest BCUT2D eigenvalue weighted by molar-refractivity contribution is -0.140. The maximum absolute atomic E-state index is 14.1. The largest absolute Gasteiger partial charge is 0.350 e. The predicted octanol–water partition coefficient (Wildman–Crippen LogP) is 6.08. The average Bonchev–Trinajstić information content (AvgIpc) is 2.84. The second-order valence-electron chi connectivity index (χ2n) is 10.5. The molecule has 0 fully saturated rings. The van der Waals surface area contributed by atoms with Gasteiger partial charge in [-0.2, -0.15) is 0 Å². The third-order valence-corrected chi connectivity index (χ3v) is 8.03. The molecule has 0 aliphatic carbocycles.